The highest BCUT2D eigenvalue weighted by Gasteiger charge is 2.35. The Labute approximate surface area is 147 Å². The van der Waals surface area contributed by atoms with Gasteiger partial charge >= 0.3 is 5.97 Å². The molecule has 0 spiro atoms. The predicted octanol–water partition coefficient (Wildman–Crippen LogP) is 3.09. The topological polar surface area (TPSA) is 87.0 Å². The normalized spacial score (nSPS) is 16.4. The molecule has 0 amide bonds. The van der Waals surface area contributed by atoms with Crippen LogP contribution in [0, 0.1) is 4.77 Å². The molecule has 8 heteroatoms. The highest BCUT2D eigenvalue weighted by atomic mass is 35.5. The molecule has 1 aromatic carbocycles. The summed E-state index contributed by atoms with van der Waals surface area (Å²) in [5, 5.41) is 3.59. The third-order valence-electron chi connectivity index (χ3n) is 3.88. The monoisotopic (exact) mass is 363 g/mol. The van der Waals surface area contributed by atoms with Gasteiger partial charge in [0, 0.05) is 10.7 Å². The highest BCUT2D eigenvalue weighted by Crippen LogP contribution is 2.39. The van der Waals surface area contributed by atoms with Crippen molar-refractivity contribution in [1.29, 1.82) is 0 Å². The Morgan fingerprint density at radius 1 is 1.25 bits per heavy atom. The molecule has 124 valence electrons. The van der Waals surface area contributed by atoms with E-state index in [1.165, 1.54) is 7.11 Å². The molecule has 1 unspecified atom stereocenters. The lowest BCUT2D eigenvalue weighted by molar-refractivity contribution is -0.136. The summed E-state index contributed by atoms with van der Waals surface area (Å²) in [4.78, 5) is 30.3. The first-order valence-electron chi connectivity index (χ1n) is 7.10. The van der Waals surface area contributed by atoms with E-state index in [0.717, 1.165) is 5.56 Å². The molecule has 0 aliphatic carbocycles. The molecule has 0 radical (unpaired) electrons. The van der Waals surface area contributed by atoms with Gasteiger partial charge in [-0.05, 0) is 36.8 Å². The van der Waals surface area contributed by atoms with Crippen molar-refractivity contribution in [1.82, 2.24) is 9.97 Å². The third kappa shape index (κ3) is 2.76. The molecule has 0 bridgehead atoms. The van der Waals surface area contributed by atoms with Gasteiger partial charge in [-0.1, -0.05) is 23.7 Å². The molecule has 24 heavy (non-hydrogen) atoms. The fourth-order valence-corrected chi connectivity index (χ4v) is 3.18. The van der Waals surface area contributed by atoms with Gasteiger partial charge in [0.2, 0.25) is 0 Å². The molecule has 0 fully saturated rings. The molecular formula is C16H14ClN3O3S. The second-order valence-electron chi connectivity index (χ2n) is 5.34. The van der Waals surface area contributed by atoms with Gasteiger partial charge in [0.1, 0.15) is 5.82 Å². The second-order valence-corrected chi connectivity index (χ2v) is 6.18. The Kier molecular flexibility index (Phi) is 4.29. The summed E-state index contributed by atoms with van der Waals surface area (Å²) in [6, 6.07) is 6.98. The van der Waals surface area contributed by atoms with Crippen molar-refractivity contribution in [2.45, 2.75) is 12.8 Å². The molecule has 3 N–H and O–H groups in total. The van der Waals surface area contributed by atoms with Crippen LogP contribution in [0.2, 0.25) is 5.02 Å². The Balaban J connectivity index is 2.31. The standard InChI is InChI=1S/C16H14ClN3O3S/c1-7-10(15(22)23-2)11(8-3-5-9(17)6-4-8)12-13(18-7)19-16(24)20-14(12)21/h3-6,11H,1-2H3,(H3,18,19,20,21,24). The van der Waals surface area contributed by atoms with Gasteiger partial charge in [-0.25, -0.2) is 4.79 Å². The average Bonchev–Trinajstić information content (AvgIpc) is 2.53. The number of esters is 1. The first kappa shape index (κ1) is 16.5. The Morgan fingerprint density at radius 2 is 1.92 bits per heavy atom. The van der Waals surface area contributed by atoms with Crippen LogP contribution in [0.25, 0.3) is 0 Å². The fourth-order valence-electron chi connectivity index (χ4n) is 2.86. The lowest BCUT2D eigenvalue weighted by Gasteiger charge is -2.28. The van der Waals surface area contributed by atoms with E-state index in [1.807, 2.05) is 0 Å². The number of carbonyl (C=O) groups is 1. The summed E-state index contributed by atoms with van der Waals surface area (Å²) in [7, 11) is 1.31. The van der Waals surface area contributed by atoms with Crippen LogP contribution in [0.15, 0.2) is 40.3 Å². The molecule has 2 heterocycles. The fraction of sp³-hybridized carbons (Fsp3) is 0.188. The van der Waals surface area contributed by atoms with Gasteiger partial charge in [-0.15, -0.1) is 0 Å². The first-order chi connectivity index (χ1) is 11.4. The van der Waals surface area contributed by atoms with Gasteiger partial charge in [0.25, 0.3) is 5.56 Å². The van der Waals surface area contributed by atoms with E-state index in [4.69, 9.17) is 28.6 Å². The number of H-pyrrole nitrogens is 2. The summed E-state index contributed by atoms with van der Waals surface area (Å²) in [6.45, 7) is 1.75. The van der Waals surface area contributed by atoms with Crippen LogP contribution < -0.4 is 10.9 Å². The van der Waals surface area contributed by atoms with Crippen molar-refractivity contribution in [3.05, 3.63) is 66.8 Å². The number of carbonyl (C=O) groups excluding carboxylic acids is 1. The molecule has 1 aliphatic heterocycles. The number of nitrogens with one attached hydrogen (secondary N) is 3. The number of hydrogen-bond acceptors (Lipinski definition) is 5. The average molecular weight is 364 g/mol. The van der Waals surface area contributed by atoms with E-state index in [-0.39, 0.29) is 10.3 Å². The first-order valence-corrected chi connectivity index (χ1v) is 7.89. The predicted molar refractivity (Wildman–Crippen MR) is 93.9 cm³/mol. The molecule has 6 nitrogen and oxygen atoms in total. The number of methoxy groups -OCH3 is 1. The highest BCUT2D eigenvalue weighted by molar-refractivity contribution is 7.71. The number of fused-ring (bicyclic) bond motifs is 1. The molecular weight excluding hydrogens is 350 g/mol. The maximum Gasteiger partial charge on any atom is 0.336 e. The van der Waals surface area contributed by atoms with Crippen molar-refractivity contribution in [2.75, 3.05) is 12.4 Å². The van der Waals surface area contributed by atoms with Crippen LogP contribution in [0.3, 0.4) is 0 Å². The van der Waals surface area contributed by atoms with Crippen molar-refractivity contribution in [3.8, 4) is 0 Å². The number of aromatic nitrogens is 2. The van der Waals surface area contributed by atoms with Gasteiger partial charge in [-0.2, -0.15) is 0 Å². The lowest BCUT2D eigenvalue weighted by Crippen LogP contribution is -2.30. The van der Waals surface area contributed by atoms with Crippen molar-refractivity contribution >= 4 is 35.6 Å². The number of anilines is 1. The third-order valence-corrected chi connectivity index (χ3v) is 4.34. The quantitative estimate of drug-likeness (QED) is 0.563. The summed E-state index contributed by atoms with van der Waals surface area (Å²) < 4.78 is 5.11. The Bertz CT molecular complexity index is 960. The zero-order valence-electron chi connectivity index (χ0n) is 12.9. The summed E-state index contributed by atoms with van der Waals surface area (Å²) in [5.41, 5.74) is 1.71. The summed E-state index contributed by atoms with van der Waals surface area (Å²) in [5.74, 6) is -0.636. The van der Waals surface area contributed by atoms with Crippen LogP contribution in [-0.4, -0.2) is 23.0 Å². The van der Waals surface area contributed by atoms with Gasteiger partial charge < -0.3 is 15.0 Å². The minimum atomic E-state index is -0.596. The largest absolute Gasteiger partial charge is 0.466 e. The van der Waals surface area contributed by atoms with Crippen molar-refractivity contribution < 1.29 is 9.53 Å². The molecule has 0 saturated heterocycles. The van der Waals surface area contributed by atoms with Gasteiger partial charge in [-0.3, -0.25) is 9.78 Å². The van der Waals surface area contributed by atoms with Crippen molar-refractivity contribution in [2.24, 2.45) is 0 Å². The molecule has 2 aromatic rings. The van der Waals surface area contributed by atoms with Crippen molar-refractivity contribution in [3.63, 3.8) is 0 Å². The lowest BCUT2D eigenvalue weighted by atomic mass is 9.82. The van der Waals surface area contributed by atoms with Gasteiger partial charge in [0.15, 0.2) is 4.77 Å². The SMILES string of the molecule is COC(=O)C1=C(C)Nc2[nH]c(=S)[nH]c(=O)c2C1c1ccc(Cl)cc1. The maximum atomic E-state index is 12.5. The number of allylic oxidation sites excluding steroid dienone is 1. The zero-order chi connectivity index (χ0) is 17.4. The minimum Gasteiger partial charge on any atom is -0.466 e. The van der Waals surface area contributed by atoms with E-state index in [2.05, 4.69) is 15.3 Å². The smallest absolute Gasteiger partial charge is 0.336 e. The zero-order valence-corrected chi connectivity index (χ0v) is 14.5. The number of rotatable bonds is 2. The van der Waals surface area contributed by atoms with Crippen LogP contribution in [0.1, 0.15) is 24.0 Å². The van der Waals surface area contributed by atoms with E-state index >= 15 is 0 Å². The number of benzene rings is 1. The van der Waals surface area contributed by atoms with Crippen LogP contribution in [0.4, 0.5) is 5.82 Å². The number of ether oxygens (including phenoxy) is 1. The Hall–Kier alpha value is -2.38. The van der Waals surface area contributed by atoms with E-state index < -0.39 is 11.9 Å². The summed E-state index contributed by atoms with van der Waals surface area (Å²) >= 11 is 11.0. The molecule has 1 atom stereocenters. The van der Waals surface area contributed by atoms with Crippen LogP contribution in [-0.2, 0) is 9.53 Å². The molecule has 3 rings (SSSR count). The molecule has 0 saturated carbocycles. The van der Waals surface area contributed by atoms with E-state index in [9.17, 15) is 9.59 Å². The van der Waals surface area contributed by atoms with E-state index in [1.54, 1.807) is 31.2 Å². The van der Waals surface area contributed by atoms with E-state index in [0.29, 0.717) is 27.7 Å². The van der Waals surface area contributed by atoms with Gasteiger partial charge in [0.05, 0.1) is 24.2 Å². The maximum absolute atomic E-state index is 12.5. The number of aromatic amines is 2. The van der Waals surface area contributed by atoms with Crippen LogP contribution >= 0.6 is 23.8 Å². The van der Waals surface area contributed by atoms with Crippen LogP contribution in [0.5, 0.6) is 0 Å². The number of hydrogen-bond donors (Lipinski definition) is 3. The second kappa shape index (κ2) is 6.26. The Morgan fingerprint density at radius 3 is 2.54 bits per heavy atom. The molecule has 1 aromatic heterocycles. The molecule has 1 aliphatic rings. The number of halogens is 1. The minimum absolute atomic E-state index is 0.204. The summed E-state index contributed by atoms with van der Waals surface area (Å²) in [6.07, 6.45) is 0.